The SMILES string of the molecule is CCc1sc(NC(=O)NCC(C)(C)C)c(C(=O)O)c1C. The van der Waals surface area contributed by atoms with Crippen molar-refractivity contribution >= 4 is 28.3 Å². The molecule has 0 radical (unpaired) electrons. The molecule has 0 aliphatic rings. The summed E-state index contributed by atoms with van der Waals surface area (Å²) < 4.78 is 0. The van der Waals surface area contributed by atoms with E-state index in [1.807, 2.05) is 27.7 Å². The van der Waals surface area contributed by atoms with Gasteiger partial charge in [-0.25, -0.2) is 9.59 Å². The Morgan fingerprint density at radius 1 is 1.30 bits per heavy atom. The first-order valence-electron chi connectivity index (χ1n) is 6.56. The van der Waals surface area contributed by atoms with E-state index in [0.29, 0.717) is 11.5 Å². The van der Waals surface area contributed by atoms with Crippen LogP contribution in [0.15, 0.2) is 0 Å². The maximum absolute atomic E-state index is 11.8. The molecular weight excluding hydrogens is 276 g/mol. The van der Waals surface area contributed by atoms with Gasteiger partial charge in [-0.15, -0.1) is 11.3 Å². The molecule has 1 aromatic rings. The lowest BCUT2D eigenvalue weighted by Gasteiger charge is -2.18. The van der Waals surface area contributed by atoms with Crippen LogP contribution in [0.4, 0.5) is 9.80 Å². The number of hydrogen-bond acceptors (Lipinski definition) is 3. The zero-order valence-electron chi connectivity index (χ0n) is 12.6. The first kappa shape index (κ1) is 16.5. The molecule has 0 spiro atoms. The summed E-state index contributed by atoms with van der Waals surface area (Å²) >= 11 is 1.32. The lowest BCUT2D eigenvalue weighted by Crippen LogP contribution is -2.35. The van der Waals surface area contributed by atoms with Crippen molar-refractivity contribution in [2.75, 3.05) is 11.9 Å². The molecule has 1 heterocycles. The van der Waals surface area contributed by atoms with Crippen molar-refractivity contribution in [3.63, 3.8) is 0 Å². The molecule has 0 saturated carbocycles. The number of urea groups is 1. The van der Waals surface area contributed by atoms with Crippen LogP contribution in [0, 0.1) is 12.3 Å². The Morgan fingerprint density at radius 2 is 1.90 bits per heavy atom. The van der Waals surface area contributed by atoms with Gasteiger partial charge in [-0.05, 0) is 24.3 Å². The standard InChI is InChI=1S/C14H22N2O3S/c1-6-9-8(2)10(12(17)18)11(20-9)16-13(19)15-7-14(3,4)5/h6-7H2,1-5H3,(H,17,18)(H2,15,16,19). The molecule has 0 saturated heterocycles. The number of hydrogen-bond donors (Lipinski definition) is 3. The number of rotatable bonds is 4. The summed E-state index contributed by atoms with van der Waals surface area (Å²) in [5.41, 5.74) is 0.904. The number of carboxylic acids is 1. The van der Waals surface area contributed by atoms with Gasteiger partial charge in [0.05, 0.1) is 5.56 Å². The van der Waals surface area contributed by atoms with Gasteiger partial charge < -0.3 is 10.4 Å². The number of nitrogens with one attached hydrogen (secondary N) is 2. The van der Waals surface area contributed by atoms with Gasteiger partial charge in [0.25, 0.3) is 0 Å². The van der Waals surface area contributed by atoms with Crippen molar-refractivity contribution in [3.8, 4) is 0 Å². The Hall–Kier alpha value is -1.56. The minimum absolute atomic E-state index is 0.0209. The first-order valence-corrected chi connectivity index (χ1v) is 7.37. The van der Waals surface area contributed by atoms with Gasteiger partial charge in [-0.3, -0.25) is 5.32 Å². The molecule has 3 N–H and O–H groups in total. The zero-order chi connectivity index (χ0) is 15.5. The number of aryl methyl sites for hydroxylation is 1. The number of carbonyl (C=O) groups is 2. The van der Waals surface area contributed by atoms with Crippen molar-refractivity contribution in [2.45, 2.75) is 41.0 Å². The van der Waals surface area contributed by atoms with Gasteiger partial charge in [0.15, 0.2) is 0 Å². The van der Waals surface area contributed by atoms with E-state index in [0.717, 1.165) is 16.9 Å². The number of amides is 2. The number of thiophene rings is 1. The Bertz CT molecular complexity index is 515. The minimum atomic E-state index is -1.01. The second kappa shape index (κ2) is 6.26. The summed E-state index contributed by atoms with van der Waals surface area (Å²) in [6.07, 6.45) is 0.752. The van der Waals surface area contributed by atoms with E-state index in [4.69, 9.17) is 0 Å². The molecule has 0 fully saturated rings. The molecule has 0 unspecified atom stereocenters. The molecule has 1 aromatic heterocycles. The largest absolute Gasteiger partial charge is 0.478 e. The quantitative estimate of drug-likeness (QED) is 0.796. The normalized spacial score (nSPS) is 11.2. The molecule has 0 aliphatic heterocycles. The monoisotopic (exact) mass is 298 g/mol. The fourth-order valence-corrected chi connectivity index (χ4v) is 2.87. The van der Waals surface area contributed by atoms with E-state index in [1.54, 1.807) is 6.92 Å². The van der Waals surface area contributed by atoms with Gasteiger partial charge in [0, 0.05) is 11.4 Å². The summed E-state index contributed by atoms with van der Waals surface area (Å²) in [6.45, 7) is 10.3. The number of carboxylic acid groups (broad SMARTS) is 1. The zero-order valence-corrected chi connectivity index (χ0v) is 13.4. The molecule has 112 valence electrons. The average molecular weight is 298 g/mol. The van der Waals surface area contributed by atoms with Crippen LogP contribution in [0.1, 0.15) is 48.5 Å². The van der Waals surface area contributed by atoms with Crippen molar-refractivity contribution < 1.29 is 14.7 Å². The predicted octanol–water partition coefficient (Wildman–Crippen LogP) is 3.48. The van der Waals surface area contributed by atoms with Crippen molar-refractivity contribution in [3.05, 3.63) is 16.0 Å². The van der Waals surface area contributed by atoms with E-state index >= 15 is 0 Å². The fourth-order valence-electron chi connectivity index (χ4n) is 1.74. The van der Waals surface area contributed by atoms with Crippen LogP contribution in [-0.4, -0.2) is 23.7 Å². The second-order valence-electron chi connectivity index (χ2n) is 5.88. The highest BCUT2D eigenvalue weighted by Crippen LogP contribution is 2.33. The van der Waals surface area contributed by atoms with E-state index in [-0.39, 0.29) is 17.0 Å². The van der Waals surface area contributed by atoms with Gasteiger partial charge >= 0.3 is 12.0 Å². The average Bonchev–Trinajstić information content (AvgIpc) is 2.62. The highest BCUT2D eigenvalue weighted by molar-refractivity contribution is 7.16. The summed E-state index contributed by atoms with van der Waals surface area (Å²) in [7, 11) is 0. The molecule has 0 bridgehead atoms. The maximum Gasteiger partial charge on any atom is 0.338 e. The number of aromatic carboxylic acids is 1. The van der Waals surface area contributed by atoms with Gasteiger partial charge in [-0.2, -0.15) is 0 Å². The lowest BCUT2D eigenvalue weighted by atomic mass is 9.97. The summed E-state index contributed by atoms with van der Waals surface area (Å²) in [6, 6.07) is -0.369. The van der Waals surface area contributed by atoms with Gasteiger partial charge in [-0.1, -0.05) is 27.7 Å². The van der Waals surface area contributed by atoms with Crippen molar-refractivity contribution in [1.29, 1.82) is 0 Å². The number of anilines is 1. The van der Waals surface area contributed by atoms with Crippen molar-refractivity contribution in [2.24, 2.45) is 5.41 Å². The highest BCUT2D eigenvalue weighted by atomic mass is 32.1. The van der Waals surface area contributed by atoms with Crippen LogP contribution in [0.25, 0.3) is 0 Å². The van der Waals surface area contributed by atoms with Crippen molar-refractivity contribution in [1.82, 2.24) is 5.32 Å². The first-order chi connectivity index (χ1) is 9.15. The Morgan fingerprint density at radius 3 is 2.35 bits per heavy atom. The van der Waals surface area contributed by atoms with Crippen LogP contribution in [-0.2, 0) is 6.42 Å². The minimum Gasteiger partial charge on any atom is -0.478 e. The summed E-state index contributed by atoms with van der Waals surface area (Å²) in [5, 5.41) is 15.1. The van der Waals surface area contributed by atoms with E-state index < -0.39 is 5.97 Å². The van der Waals surface area contributed by atoms with E-state index in [2.05, 4.69) is 10.6 Å². The maximum atomic E-state index is 11.8. The Labute approximate surface area is 123 Å². The van der Waals surface area contributed by atoms with Crippen LogP contribution in [0.2, 0.25) is 0 Å². The topological polar surface area (TPSA) is 78.4 Å². The molecule has 2 amide bonds. The van der Waals surface area contributed by atoms with Gasteiger partial charge in [0.1, 0.15) is 5.00 Å². The smallest absolute Gasteiger partial charge is 0.338 e. The van der Waals surface area contributed by atoms with Crippen LogP contribution in [0.5, 0.6) is 0 Å². The van der Waals surface area contributed by atoms with Crippen LogP contribution >= 0.6 is 11.3 Å². The Balaban J connectivity index is 2.87. The molecule has 0 atom stereocenters. The molecule has 0 aromatic carbocycles. The van der Waals surface area contributed by atoms with E-state index in [1.165, 1.54) is 11.3 Å². The molecule has 5 nitrogen and oxygen atoms in total. The Kier molecular flexibility index (Phi) is 5.16. The van der Waals surface area contributed by atoms with E-state index in [9.17, 15) is 14.7 Å². The molecule has 20 heavy (non-hydrogen) atoms. The molecular formula is C14H22N2O3S. The highest BCUT2D eigenvalue weighted by Gasteiger charge is 2.21. The van der Waals surface area contributed by atoms with Gasteiger partial charge in [0.2, 0.25) is 0 Å². The lowest BCUT2D eigenvalue weighted by molar-refractivity contribution is 0.0697. The molecule has 6 heteroatoms. The summed E-state index contributed by atoms with van der Waals surface area (Å²) in [5.74, 6) is -1.01. The number of carbonyl (C=O) groups excluding carboxylic acids is 1. The second-order valence-corrected chi connectivity index (χ2v) is 6.99. The third-order valence-electron chi connectivity index (χ3n) is 2.79. The summed E-state index contributed by atoms with van der Waals surface area (Å²) in [4.78, 5) is 24.1. The molecule has 1 rings (SSSR count). The molecule has 0 aliphatic carbocycles. The predicted molar refractivity (Wildman–Crippen MR) is 81.9 cm³/mol. The van der Waals surface area contributed by atoms with Crippen LogP contribution < -0.4 is 10.6 Å². The third-order valence-corrected chi connectivity index (χ3v) is 4.14. The van der Waals surface area contributed by atoms with Crippen LogP contribution in [0.3, 0.4) is 0 Å². The third kappa shape index (κ3) is 4.23. The fraction of sp³-hybridized carbons (Fsp3) is 0.571.